The molecule has 0 saturated carbocycles. The minimum absolute atomic E-state index is 0.880. The van der Waals surface area contributed by atoms with Gasteiger partial charge in [-0.05, 0) is 182 Å². The summed E-state index contributed by atoms with van der Waals surface area (Å²) in [6.45, 7) is 9.17. The van der Waals surface area contributed by atoms with E-state index in [1.807, 2.05) is 0 Å². The molecular formula is C79H98Br2N4. The first-order chi connectivity index (χ1) is 41.8. The van der Waals surface area contributed by atoms with Gasteiger partial charge in [0.15, 0.2) is 0 Å². The van der Waals surface area contributed by atoms with Crippen molar-refractivity contribution in [3.63, 3.8) is 0 Å². The van der Waals surface area contributed by atoms with E-state index < -0.39 is 0 Å². The van der Waals surface area contributed by atoms with Gasteiger partial charge in [-0.1, -0.05) is 266 Å². The molecule has 0 saturated heterocycles. The maximum Gasteiger partial charge on any atom is 0.0801 e. The van der Waals surface area contributed by atoms with Crippen LogP contribution in [-0.4, -0.2) is 19.9 Å². The molecule has 0 radical (unpaired) electrons. The number of nitrogens with one attached hydrogen (secondary N) is 2. The van der Waals surface area contributed by atoms with Gasteiger partial charge in [0.2, 0.25) is 0 Å². The van der Waals surface area contributed by atoms with Gasteiger partial charge >= 0.3 is 0 Å². The molecule has 5 heterocycles. The minimum Gasteiger partial charge on any atom is -0.354 e. The Hall–Kier alpha value is -5.56. The lowest BCUT2D eigenvalue weighted by Gasteiger charge is -2.17. The van der Waals surface area contributed by atoms with E-state index in [0.29, 0.717) is 0 Å². The summed E-state index contributed by atoms with van der Waals surface area (Å²) in [6.07, 6.45) is 49.5. The third-order valence-electron chi connectivity index (χ3n) is 18.0. The Bertz CT molecular complexity index is 3480. The number of aryl methyl sites for hydroxylation is 4. The second-order valence-electron chi connectivity index (χ2n) is 24.7. The predicted molar refractivity (Wildman–Crippen MR) is 378 cm³/mol. The number of nitrogens with zero attached hydrogens (tertiary/aromatic N) is 2. The first-order valence-electron chi connectivity index (χ1n) is 33.7. The third kappa shape index (κ3) is 17.8. The normalized spacial score (nSPS) is 12.1. The second-order valence-corrected chi connectivity index (χ2v) is 26.3. The highest BCUT2D eigenvalue weighted by atomic mass is 79.9. The maximum absolute atomic E-state index is 5.48. The molecule has 0 unspecified atom stereocenters. The molecule has 2 N–H and O–H groups in total. The Morgan fingerprint density at radius 3 is 1.07 bits per heavy atom. The van der Waals surface area contributed by atoms with Crippen LogP contribution in [0.5, 0.6) is 0 Å². The number of fused-ring (bicyclic) bond motifs is 8. The summed E-state index contributed by atoms with van der Waals surface area (Å²) in [5.41, 5.74) is 23.0. The first-order valence-corrected chi connectivity index (χ1v) is 35.3. The molecule has 9 rings (SSSR count). The van der Waals surface area contributed by atoms with Gasteiger partial charge in [0.1, 0.15) is 0 Å². The van der Waals surface area contributed by atoms with E-state index in [1.54, 1.807) is 0 Å². The highest BCUT2D eigenvalue weighted by Gasteiger charge is 2.20. The van der Waals surface area contributed by atoms with Crippen LogP contribution in [0.4, 0.5) is 0 Å². The van der Waals surface area contributed by atoms with E-state index >= 15 is 0 Å². The maximum atomic E-state index is 5.48. The number of hydrogen-bond donors (Lipinski definition) is 2. The molecule has 4 nitrogen and oxygen atoms in total. The predicted octanol–water partition coefficient (Wildman–Crippen LogP) is 25.8. The van der Waals surface area contributed by atoms with Gasteiger partial charge in [0, 0.05) is 22.2 Å². The van der Waals surface area contributed by atoms with E-state index in [9.17, 15) is 0 Å². The van der Waals surface area contributed by atoms with Gasteiger partial charge in [-0.15, -0.1) is 0 Å². The van der Waals surface area contributed by atoms with Crippen LogP contribution in [0.2, 0.25) is 0 Å². The van der Waals surface area contributed by atoms with Crippen molar-refractivity contribution in [2.24, 2.45) is 0 Å². The zero-order chi connectivity index (χ0) is 59.0. The molecule has 2 aliphatic heterocycles. The summed E-state index contributed by atoms with van der Waals surface area (Å²) >= 11 is 8.17. The van der Waals surface area contributed by atoms with Crippen molar-refractivity contribution in [3.05, 3.63) is 163 Å². The van der Waals surface area contributed by atoms with E-state index in [-0.39, 0.29) is 0 Å². The van der Waals surface area contributed by atoms with Crippen LogP contribution in [0.15, 0.2) is 118 Å². The molecule has 2 aliphatic rings. The molecule has 8 bridgehead atoms. The lowest BCUT2D eigenvalue weighted by Crippen LogP contribution is -1.97. The van der Waals surface area contributed by atoms with E-state index in [4.69, 9.17) is 9.97 Å². The van der Waals surface area contributed by atoms with Crippen LogP contribution < -0.4 is 0 Å². The highest BCUT2D eigenvalue weighted by Crippen LogP contribution is 2.40. The summed E-state index contributed by atoms with van der Waals surface area (Å²) in [7, 11) is 0. The van der Waals surface area contributed by atoms with Gasteiger partial charge in [0.05, 0.1) is 42.8 Å². The zero-order valence-corrected chi connectivity index (χ0v) is 55.4. The Balaban J connectivity index is 1.04. The van der Waals surface area contributed by atoms with Gasteiger partial charge in [-0.2, -0.15) is 0 Å². The topological polar surface area (TPSA) is 57.4 Å². The van der Waals surface area contributed by atoms with E-state index in [0.717, 1.165) is 89.7 Å². The molecular weight excluding hydrogens is 1160 g/mol. The molecule has 6 heteroatoms. The largest absolute Gasteiger partial charge is 0.354 e. The first kappa shape index (κ1) is 63.9. The fraction of sp³-hybridized carbons (Fsp3) is 0.443. The number of H-pyrrole nitrogens is 2. The molecule has 7 aromatic rings. The van der Waals surface area contributed by atoms with Crippen molar-refractivity contribution in [2.75, 3.05) is 0 Å². The monoisotopic (exact) mass is 1260 g/mol. The summed E-state index contributed by atoms with van der Waals surface area (Å²) in [5, 5.41) is 0. The van der Waals surface area contributed by atoms with E-state index in [1.165, 1.54) is 230 Å². The Kier molecular flexibility index (Phi) is 25.7. The Morgan fingerprint density at radius 1 is 0.318 bits per heavy atom. The molecule has 85 heavy (non-hydrogen) atoms. The Morgan fingerprint density at radius 2 is 0.647 bits per heavy atom. The lowest BCUT2D eigenvalue weighted by atomic mass is 9.88. The van der Waals surface area contributed by atoms with Crippen LogP contribution in [0.25, 0.3) is 90.9 Å². The molecule has 0 atom stereocenters. The van der Waals surface area contributed by atoms with Crippen LogP contribution in [-0.2, 0) is 19.3 Å². The summed E-state index contributed by atoms with van der Waals surface area (Å²) < 4.78 is 1.84. The molecule has 3 aromatic heterocycles. The number of rotatable bonds is 35. The van der Waals surface area contributed by atoms with Crippen LogP contribution in [0.3, 0.4) is 0 Å². The number of aromatic amines is 2. The fourth-order valence-electron chi connectivity index (χ4n) is 13.1. The standard InChI is InChI=1S/C79H98Br2N4/c1-5-8-11-14-17-19-20-21-22-23-24-26-29-32-41-61-57-63(45-47-67(61)66-43-36-34-40-60(66)38-31-28-25-18-15-12-9-6-2)77-70-50-54-74(84-70)78(80)72-52-48-68(82-72)76(69-49-53-73(83-69)79(81)75-55-51-71(77)85-75)62-44-46-64(58(4)56-62)65-42-35-33-39-59(65)37-30-27-16-13-10-7-3/h33-36,39-40,42-57,82,85H,5-32,37-38,41H2,1-4H3. The lowest BCUT2D eigenvalue weighted by molar-refractivity contribution is 0.535. The quantitative estimate of drug-likeness (QED) is 0.0389. The smallest absolute Gasteiger partial charge is 0.0801 e. The summed E-state index contributed by atoms with van der Waals surface area (Å²) in [4.78, 5) is 18.6. The third-order valence-corrected chi connectivity index (χ3v) is 19.7. The van der Waals surface area contributed by atoms with Gasteiger partial charge < -0.3 is 9.97 Å². The second kappa shape index (κ2) is 34.1. The summed E-state index contributed by atoms with van der Waals surface area (Å²) in [5.74, 6) is 0. The van der Waals surface area contributed by atoms with Gasteiger partial charge in [-0.25, -0.2) is 9.97 Å². The van der Waals surface area contributed by atoms with Crippen molar-refractivity contribution >= 4 is 78.2 Å². The van der Waals surface area contributed by atoms with Crippen molar-refractivity contribution in [2.45, 2.75) is 227 Å². The molecule has 0 fully saturated rings. The van der Waals surface area contributed by atoms with Crippen molar-refractivity contribution in [3.8, 4) is 44.5 Å². The molecule has 448 valence electrons. The molecule has 0 spiro atoms. The molecule has 4 aromatic carbocycles. The van der Waals surface area contributed by atoms with Gasteiger partial charge in [-0.3, -0.25) is 0 Å². The van der Waals surface area contributed by atoms with Crippen molar-refractivity contribution in [1.82, 2.24) is 19.9 Å². The average molecular weight is 1260 g/mol. The zero-order valence-electron chi connectivity index (χ0n) is 52.3. The Labute approximate surface area is 529 Å². The van der Waals surface area contributed by atoms with Crippen LogP contribution in [0.1, 0.15) is 246 Å². The SMILES string of the molecule is CCCCCCCCCCCCCCCCc1cc(-c2c3nc(c(Br)c4ccc([nH]4)c(-c4ccc(-c5ccccc5CCCCCCCC)c(C)c4)c4nc(c(Br)c5ccc2[nH]5)C=C4)C=C3)ccc1-c1ccccc1CCCCCCCCCC. The molecule has 0 aliphatic carbocycles. The number of hydrogen-bond acceptors (Lipinski definition) is 2. The number of benzene rings is 4. The molecule has 0 amide bonds. The van der Waals surface area contributed by atoms with Crippen molar-refractivity contribution < 1.29 is 0 Å². The average Bonchev–Trinajstić information content (AvgIpc) is 2.47. The number of halogens is 2. The summed E-state index contributed by atoms with van der Waals surface area (Å²) in [6, 6.07) is 41.4. The minimum atomic E-state index is 0.880. The van der Waals surface area contributed by atoms with Crippen LogP contribution in [0, 0.1) is 6.92 Å². The number of unbranched alkanes of at least 4 members (excludes halogenated alkanes) is 25. The highest BCUT2D eigenvalue weighted by molar-refractivity contribution is 9.11. The van der Waals surface area contributed by atoms with Gasteiger partial charge in [0.25, 0.3) is 0 Å². The van der Waals surface area contributed by atoms with Crippen molar-refractivity contribution in [1.29, 1.82) is 0 Å². The number of aromatic nitrogens is 4. The van der Waals surface area contributed by atoms with E-state index in [2.05, 4.69) is 203 Å². The fourth-order valence-corrected chi connectivity index (χ4v) is 14.0. The van der Waals surface area contributed by atoms with Crippen LogP contribution >= 0.6 is 31.9 Å².